The fourth-order valence-corrected chi connectivity index (χ4v) is 6.07. The molecule has 0 atom stereocenters. The molecule has 0 aliphatic heterocycles. The van der Waals surface area contributed by atoms with Crippen molar-refractivity contribution in [3.05, 3.63) is 91.8 Å². The van der Waals surface area contributed by atoms with Gasteiger partial charge in [-0.1, -0.05) is 24.3 Å². The van der Waals surface area contributed by atoms with Gasteiger partial charge < -0.3 is 0 Å². The van der Waals surface area contributed by atoms with Crippen LogP contribution in [0.3, 0.4) is 0 Å². The van der Waals surface area contributed by atoms with Crippen molar-refractivity contribution in [1.29, 1.82) is 0 Å². The van der Waals surface area contributed by atoms with E-state index < -0.39 is 0 Å². The average Bonchev–Trinajstić information content (AvgIpc) is 3.36. The molecule has 2 aliphatic carbocycles. The molecule has 124 valence electrons. The second-order valence-corrected chi connectivity index (χ2v) is 8.23. The predicted molar refractivity (Wildman–Crippen MR) is 104 cm³/mol. The van der Waals surface area contributed by atoms with E-state index in [9.17, 15) is 8.78 Å². The molecule has 26 heavy (non-hydrogen) atoms. The molecule has 4 aromatic rings. The summed E-state index contributed by atoms with van der Waals surface area (Å²) in [6.07, 6.45) is 0. The molecule has 2 aliphatic rings. The van der Waals surface area contributed by atoms with Gasteiger partial charge in [-0.25, -0.2) is 8.78 Å². The molecule has 0 fully saturated rings. The molecule has 2 heterocycles. The Morgan fingerprint density at radius 1 is 0.538 bits per heavy atom. The molecule has 0 nitrogen and oxygen atoms in total. The molecule has 0 amide bonds. The number of fused-ring (bicyclic) bond motifs is 6. The second-order valence-electron chi connectivity index (χ2n) is 6.40. The summed E-state index contributed by atoms with van der Waals surface area (Å²) in [7, 11) is 0. The number of rotatable bonds is 0. The summed E-state index contributed by atoms with van der Waals surface area (Å²) in [5.74, 6) is -0.507. The first-order valence-electron chi connectivity index (χ1n) is 8.24. The third-order valence-electron chi connectivity index (χ3n) is 5.14. The maximum atomic E-state index is 14.9. The van der Waals surface area contributed by atoms with E-state index >= 15 is 0 Å². The summed E-state index contributed by atoms with van der Waals surface area (Å²) in [6, 6.07) is 14.4. The Hall–Kier alpha value is -2.56. The Morgan fingerprint density at radius 3 is 1.46 bits per heavy atom. The van der Waals surface area contributed by atoms with Crippen LogP contribution in [0, 0.1) is 11.6 Å². The van der Waals surface area contributed by atoms with E-state index in [1.54, 1.807) is 34.8 Å². The minimum Gasteiger partial charge on any atom is -0.206 e. The summed E-state index contributed by atoms with van der Waals surface area (Å²) < 4.78 is 29.8. The van der Waals surface area contributed by atoms with E-state index in [1.165, 1.54) is 12.1 Å². The third kappa shape index (κ3) is 1.66. The predicted octanol–water partition coefficient (Wildman–Crippen LogP) is 7.06. The zero-order valence-corrected chi connectivity index (χ0v) is 15.0. The molecule has 6 rings (SSSR count). The van der Waals surface area contributed by atoms with E-state index in [-0.39, 0.29) is 11.6 Å². The Kier molecular flexibility index (Phi) is 2.80. The largest absolute Gasteiger partial charge is 0.206 e. The van der Waals surface area contributed by atoms with Crippen molar-refractivity contribution in [2.24, 2.45) is 0 Å². The van der Waals surface area contributed by atoms with Crippen LogP contribution in [-0.4, -0.2) is 0 Å². The normalized spacial score (nSPS) is 16.4. The van der Waals surface area contributed by atoms with Crippen LogP contribution in [0.25, 0.3) is 33.4 Å². The standard InChI is InChI=1S/C22H10F2S2/c23-15-5-1-3-11-13-7-9-25-21(13)19(17(11)15)20-18-12(4-2-6-16(18)24)14-8-10-26-22(14)20/h1-10H. The van der Waals surface area contributed by atoms with Crippen LogP contribution in [0.15, 0.2) is 59.3 Å². The van der Waals surface area contributed by atoms with Gasteiger partial charge in [-0.2, -0.15) is 0 Å². The number of hydrogen-bond donors (Lipinski definition) is 0. The van der Waals surface area contributed by atoms with E-state index in [0.717, 1.165) is 43.2 Å². The lowest BCUT2D eigenvalue weighted by atomic mass is 9.96. The van der Waals surface area contributed by atoms with Crippen LogP contribution in [0.4, 0.5) is 8.78 Å². The molecule has 4 heteroatoms. The van der Waals surface area contributed by atoms with Crippen molar-refractivity contribution < 1.29 is 8.78 Å². The maximum absolute atomic E-state index is 14.9. The minimum atomic E-state index is -0.253. The zero-order valence-electron chi connectivity index (χ0n) is 13.3. The highest BCUT2D eigenvalue weighted by molar-refractivity contribution is 7.13. The van der Waals surface area contributed by atoms with Crippen LogP contribution in [0.2, 0.25) is 0 Å². The molecule has 0 radical (unpaired) electrons. The zero-order chi connectivity index (χ0) is 17.4. The van der Waals surface area contributed by atoms with Crippen LogP contribution in [0.1, 0.15) is 20.9 Å². The quantitative estimate of drug-likeness (QED) is 0.266. The summed E-state index contributed by atoms with van der Waals surface area (Å²) in [4.78, 5) is 2.05. The first-order chi connectivity index (χ1) is 12.8. The highest BCUT2D eigenvalue weighted by Gasteiger charge is 2.36. The summed E-state index contributed by atoms with van der Waals surface area (Å²) >= 11 is 3.18. The van der Waals surface area contributed by atoms with E-state index in [2.05, 4.69) is 0 Å². The molecule has 0 saturated carbocycles. The molecule has 2 aromatic carbocycles. The lowest BCUT2D eigenvalue weighted by molar-refractivity contribution is 0.623. The monoisotopic (exact) mass is 376 g/mol. The van der Waals surface area contributed by atoms with Crippen molar-refractivity contribution in [2.45, 2.75) is 0 Å². The number of hydrogen-bond acceptors (Lipinski definition) is 2. The number of benzene rings is 2. The van der Waals surface area contributed by atoms with Crippen LogP contribution in [-0.2, 0) is 0 Å². The summed E-state index contributed by atoms with van der Waals surface area (Å²) in [5, 5.41) is 4.04. The minimum absolute atomic E-state index is 0.253. The smallest absolute Gasteiger partial charge is 0.131 e. The van der Waals surface area contributed by atoms with Gasteiger partial charge in [0.1, 0.15) is 11.6 Å². The van der Waals surface area contributed by atoms with Crippen molar-refractivity contribution >= 4 is 33.8 Å². The molecule has 0 N–H and O–H groups in total. The van der Waals surface area contributed by atoms with Crippen LogP contribution in [0.5, 0.6) is 0 Å². The molecule has 0 saturated heterocycles. The second kappa shape index (κ2) is 5.00. The van der Waals surface area contributed by atoms with Gasteiger partial charge in [0, 0.05) is 43.2 Å². The van der Waals surface area contributed by atoms with E-state index in [1.807, 2.05) is 35.0 Å². The molecule has 0 bridgehead atoms. The number of halogens is 2. The topological polar surface area (TPSA) is 0 Å². The molecular formula is C22H10F2S2. The fourth-order valence-electron chi connectivity index (χ4n) is 4.14. The van der Waals surface area contributed by atoms with Crippen LogP contribution >= 0.6 is 22.7 Å². The Balaban J connectivity index is 1.85. The van der Waals surface area contributed by atoms with Crippen molar-refractivity contribution in [3.8, 4) is 22.3 Å². The Morgan fingerprint density at radius 2 is 1.00 bits per heavy atom. The molecule has 2 aromatic heterocycles. The highest BCUT2D eigenvalue weighted by Crippen LogP contribution is 2.57. The lowest BCUT2D eigenvalue weighted by Gasteiger charge is -2.11. The first-order valence-corrected chi connectivity index (χ1v) is 10.00. The van der Waals surface area contributed by atoms with Gasteiger partial charge in [0.2, 0.25) is 0 Å². The van der Waals surface area contributed by atoms with Gasteiger partial charge in [0.25, 0.3) is 0 Å². The van der Waals surface area contributed by atoms with Gasteiger partial charge in [-0.05, 0) is 46.2 Å². The van der Waals surface area contributed by atoms with Gasteiger partial charge in [-0.3, -0.25) is 0 Å². The van der Waals surface area contributed by atoms with Gasteiger partial charge >= 0.3 is 0 Å². The Bertz CT molecular complexity index is 1160. The van der Waals surface area contributed by atoms with Gasteiger partial charge in [0.15, 0.2) is 0 Å². The third-order valence-corrected chi connectivity index (χ3v) is 7.01. The molecule has 0 unspecified atom stereocenters. The summed E-state index contributed by atoms with van der Waals surface area (Å²) in [5.41, 5.74) is 6.72. The average molecular weight is 376 g/mol. The van der Waals surface area contributed by atoms with Crippen molar-refractivity contribution in [2.75, 3.05) is 0 Å². The highest BCUT2D eigenvalue weighted by atomic mass is 32.1. The number of thiophene rings is 2. The SMILES string of the molecule is Fc1cccc2c1C(=C1c3sccc3-c3cccc(F)c31)c1sccc1-2. The van der Waals surface area contributed by atoms with Crippen molar-refractivity contribution in [3.63, 3.8) is 0 Å². The Labute approximate surface area is 156 Å². The van der Waals surface area contributed by atoms with Gasteiger partial charge in [0.05, 0.1) is 0 Å². The molecular weight excluding hydrogens is 366 g/mol. The van der Waals surface area contributed by atoms with E-state index in [0.29, 0.717) is 11.1 Å². The maximum Gasteiger partial charge on any atom is 0.131 e. The van der Waals surface area contributed by atoms with Crippen LogP contribution < -0.4 is 0 Å². The van der Waals surface area contributed by atoms with Crippen molar-refractivity contribution in [1.82, 2.24) is 0 Å². The lowest BCUT2D eigenvalue weighted by Crippen LogP contribution is -1.94. The summed E-state index contributed by atoms with van der Waals surface area (Å²) in [6.45, 7) is 0. The van der Waals surface area contributed by atoms with Gasteiger partial charge in [-0.15, -0.1) is 22.7 Å². The first kappa shape index (κ1) is 14.6. The molecule has 0 spiro atoms. The van der Waals surface area contributed by atoms with E-state index in [4.69, 9.17) is 0 Å². The fraction of sp³-hybridized carbons (Fsp3) is 0.